The first-order chi connectivity index (χ1) is 9.54. The van der Waals surface area contributed by atoms with Crippen LogP contribution < -0.4 is 5.32 Å². The molecule has 2 unspecified atom stereocenters. The van der Waals surface area contributed by atoms with E-state index in [0.29, 0.717) is 33.0 Å². The Bertz CT molecular complexity index is 381. The third kappa shape index (κ3) is 6.33. The van der Waals surface area contributed by atoms with Gasteiger partial charge in [0.25, 0.3) is 0 Å². The minimum Gasteiger partial charge on any atom is -0.389 e. The molecule has 0 saturated carbocycles. The summed E-state index contributed by atoms with van der Waals surface area (Å²) < 4.78 is 10.5. The van der Waals surface area contributed by atoms with Crippen molar-refractivity contribution < 1.29 is 14.6 Å². The summed E-state index contributed by atoms with van der Waals surface area (Å²) in [6.07, 6.45) is -0.487. The van der Waals surface area contributed by atoms with Crippen molar-refractivity contribution in [3.63, 3.8) is 0 Å². The minimum atomic E-state index is -0.487. The topological polar surface area (TPSA) is 50.7 Å². The van der Waals surface area contributed by atoms with Crippen LogP contribution in [0, 0.1) is 13.8 Å². The molecule has 0 saturated heterocycles. The summed E-state index contributed by atoms with van der Waals surface area (Å²) >= 11 is 1.81. The maximum Gasteiger partial charge on any atom is 0.0897 e. The maximum atomic E-state index is 9.85. The Kier molecular flexibility index (Phi) is 8.33. The van der Waals surface area contributed by atoms with Gasteiger partial charge in [0.15, 0.2) is 0 Å². The number of aliphatic hydroxyl groups is 1. The third-order valence-electron chi connectivity index (χ3n) is 3.09. The number of hydrogen-bond acceptors (Lipinski definition) is 5. The van der Waals surface area contributed by atoms with Crippen LogP contribution in [0.1, 0.15) is 35.2 Å². The van der Waals surface area contributed by atoms with E-state index in [2.05, 4.69) is 32.2 Å². The van der Waals surface area contributed by atoms with Gasteiger partial charge in [-0.1, -0.05) is 0 Å². The summed E-state index contributed by atoms with van der Waals surface area (Å²) in [7, 11) is 0. The van der Waals surface area contributed by atoms with Gasteiger partial charge in [-0.05, 0) is 39.3 Å². The van der Waals surface area contributed by atoms with E-state index in [1.54, 1.807) is 0 Å². The molecule has 4 nitrogen and oxygen atoms in total. The van der Waals surface area contributed by atoms with Gasteiger partial charge in [-0.3, -0.25) is 0 Å². The second kappa shape index (κ2) is 9.47. The minimum absolute atomic E-state index is 0.248. The molecule has 1 aromatic heterocycles. The van der Waals surface area contributed by atoms with Crippen molar-refractivity contribution >= 4 is 11.3 Å². The lowest BCUT2D eigenvalue weighted by molar-refractivity contribution is 0.00586. The molecular weight excluding hydrogens is 274 g/mol. The maximum absolute atomic E-state index is 9.85. The number of aliphatic hydroxyl groups excluding tert-OH is 1. The predicted octanol–water partition coefficient (Wildman–Crippen LogP) is 2.43. The van der Waals surface area contributed by atoms with E-state index in [-0.39, 0.29) is 6.04 Å². The van der Waals surface area contributed by atoms with Crippen molar-refractivity contribution in [1.29, 1.82) is 0 Å². The molecule has 5 heteroatoms. The highest BCUT2D eigenvalue weighted by molar-refractivity contribution is 7.12. The number of thiophene rings is 1. The highest BCUT2D eigenvalue weighted by Crippen LogP contribution is 2.25. The van der Waals surface area contributed by atoms with Gasteiger partial charge in [0.05, 0.1) is 25.9 Å². The second-order valence-electron chi connectivity index (χ2n) is 4.92. The lowest BCUT2D eigenvalue weighted by Gasteiger charge is -2.17. The summed E-state index contributed by atoms with van der Waals surface area (Å²) in [5.41, 5.74) is 1.32. The SMILES string of the molecule is CCOCCOCC(O)CNC(C)c1cc(C)sc1C. The van der Waals surface area contributed by atoms with Crippen LogP contribution in [-0.2, 0) is 9.47 Å². The fourth-order valence-corrected chi connectivity index (χ4v) is 3.07. The lowest BCUT2D eigenvalue weighted by Crippen LogP contribution is -2.32. The van der Waals surface area contributed by atoms with E-state index in [1.807, 2.05) is 18.3 Å². The fraction of sp³-hybridized carbons (Fsp3) is 0.733. The smallest absolute Gasteiger partial charge is 0.0897 e. The number of rotatable bonds is 10. The van der Waals surface area contributed by atoms with Gasteiger partial charge in [0.2, 0.25) is 0 Å². The van der Waals surface area contributed by atoms with Crippen LogP contribution in [0.2, 0.25) is 0 Å². The monoisotopic (exact) mass is 301 g/mol. The van der Waals surface area contributed by atoms with Crippen molar-refractivity contribution in [1.82, 2.24) is 5.32 Å². The summed E-state index contributed by atoms with van der Waals surface area (Å²) in [5, 5.41) is 13.2. The van der Waals surface area contributed by atoms with Crippen LogP contribution in [0.3, 0.4) is 0 Å². The Morgan fingerprint density at radius 1 is 1.30 bits per heavy atom. The Morgan fingerprint density at radius 2 is 2.00 bits per heavy atom. The van der Waals surface area contributed by atoms with Gasteiger partial charge in [0.1, 0.15) is 0 Å². The van der Waals surface area contributed by atoms with Crippen molar-refractivity contribution in [2.24, 2.45) is 0 Å². The first kappa shape index (κ1) is 17.6. The normalized spacial score (nSPS) is 14.4. The van der Waals surface area contributed by atoms with E-state index in [9.17, 15) is 5.11 Å². The number of nitrogens with one attached hydrogen (secondary N) is 1. The van der Waals surface area contributed by atoms with Gasteiger partial charge in [-0.25, -0.2) is 0 Å². The molecule has 0 bridgehead atoms. The Labute approximate surface area is 126 Å². The van der Waals surface area contributed by atoms with Gasteiger partial charge in [-0.2, -0.15) is 0 Å². The van der Waals surface area contributed by atoms with Crippen molar-refractivity contribution in [3.8, 4) is 0 Å². The molecule has 0 fully saturated rings. The highest BCUT2D eigenvalue weighted by Gasteiger charge is 2.12. The van der Waals surface area contributed by atoms with Crippen molar-refractivity contribution in [3.05, 3.63) is 21.4 Å². The van der Waals surface area contributed by atoms with Gasteiger partial charge in [0, 0.05) is 28.9 Å². The zero-order chi connectivity index (χ0) is 15.0. The Hall–Kier alpha value is -0.460. The van der Waals surface area contributed by atoms with Crippen LogP contribution in [0.15, 0.2) is 6.07 Å². The zero-order valence-electron chi connectivity index (χ0n) is 12.9. The molecule has 2 atom stereocenters. The van der Waals surface area contributed by atoms with E-state index in [1.165, 1.54) is 15.3 Å². The molecule has 0 amide bonds. The first-order valence-electron chi connectivity index (χ1n) is 7.18. The molecule has 2 N–H and O–H groups in total. The molecule has 116 valence electrons. The molecule has 1 aromatic rings. The van der Waals surface area contributed by atoms with Gasteiger partial charge in [-0.15, -0.1) is 11.3 Å². The molecular formula is C15H27NO3S. The van der Waals surface area contributed by atoms with Crippen LogP contribution in [0.25, 0.3) is 0 Å². The van der Waals surface area contributed by atoms with Gasteiger partial charge < -0.3 is 19.9 Å². The molecule has 0 radical (unpaired) electrons. The molecule has 0 aliphatic carbocycles. The fourth-order valence-electron chi connectivity index (χ4n) is 2.04. The van der Waals surface area contributed by atoms with Crippen LogP contribution in [-0.4, -0.2) is 44.2 Å². The molecule has 0 aromatic carbocycles. The highest BCUT2D eigenvalue weighted by atomic mass is 32.1. The third-order valence-corrected chi connectivity index (χ3v) is 4.07. The standard InChI is InChI=1S/C15H27NO3S/c1-5-18-6-7-19-10-14(17)9-16-12(3)15-8-11(2)20-13(15)4/h8,12,14,16-17H,5-7,9-10H2,1-4H3. The van der Waals surface area contributed by atoms with E-state index < -0.39 is 6.10 Å². The van der Waals surface area contributed by atoms with E-state index in [0.717, 1.165) is 0 Å². The summed E-state index contributed by atoms with van der Waals surface area (Å²) in [4.78, 5) is 2.66. The quantitative estimate of drug-likeness (QED) is 0.652. The largest absolute Gasteiger partial charge is 0.389 e. The zero-order valence-corrected chi connectivity index (χ0v) is 13.8. The van der Waals surface area contributed by atoms with E-state index >= 15 is 0 Å². The molecule has 1 heterocycles. The van der Waals surface area contributed by atoms with Crippen LogP contribution in [0.4, 0.5) is 0 Å². The lowest BCUT2D eigenvalue weighted by atomic mass is 10.1. The summed E-state index contributed by atoms with van der Waals surface area (Å²) in [6.45, 7) is 11.0. The number of hydrogen-bond donors (Lipinski definition) is 2. The number of aryl methyl sites for hydroxylation is 2. The average Bonchev–Trinajstić information content (AvgIpc) is 2.75. The van der Waals surface area contributed by atoms with Crippen molar-refractivity contribution in [2.45, 2.75) is 39.8 Å². The molecule has 20 heavy (non-hydrogen) atoms. The molecule has 0 spiro atoms. The van der Waals surface area contributed by atoms with Gasteiger partial charge >= 0.3 is 0 Å². The first-order valence-corrected chi connectivity index (χ1v) is 8.00. The Balaban J connectivity index is 2.20. The Morgan fingerprint density at radius 3 is 2.60 bits per heavy atom. The van der Waals surface area contributed by atoms with Crippen molar-refractivity contribution in [2.75, 3.05) is 33.0 Å². The molecule has 0 aliphatic rings. The van der Waals surface area contributed by atoms with E-state index in [4.69, 9.17) is 9.47 Å². The summed E-state index contributed by atoms with van der Waals surface area (Å²) in [5.74, 6) is 0. The second-order valence-corrected chi connectivity index (χ2v) is 6.38. The average molecular weight is 301 g/mol. The number of ether oxygens (including phenoxy) is 2. The molecule has 0 aliphatic heterocycles. The van der Waals surface area contributed by atoms with Crippen LogP contribution >= 0.6 is 11.3 Å². The molecule has 1 rings (SSSR count). The van der Waals surface area contributed by atoms with Crippen LogP contribution in [0.5, 0.6) is 0 Å². The predicted molar refractivity (Wildman–Crippen MR) is 83.5 cm³/mol. The summed E-state index contributed by atoms with van der Waals surface area (Å²) in [6, 6.07) is 2.46.